The average Bonchev–Trinajstić information content (AvgIpc) is 3.36. The Hall–Kier alpha value is -3.75. The molecule has 1 aromatic carbocycles. The molecule has 170 valence electrons. The summed E-state index contributed by atoms with van der Waals surface area (Å²) < 4.78 is 22.1. The van der Waals surface area contributed by atoms with Crippen molar-refractivity contribution in [3.05, 3.63) is 71.6 Å². The van der Waals surface area contributed by atoms with E-state index in [9.17, 15) is 4.39 Å². The molecule has 5 rings (SSSR count). The SMILES string of the molecule is CCCc1c(CN2c3ccccc3CN2c2ncccc2F)ncn2nc(OC(C)C)nc12. The van der Waals surface area contributed by atoms with Gasteiger partial charge in [0.25, 0.3) is 0 Å². The number of ether oxygens (including phenoxy) is 1. The van der Waals surface area contributed by atoms with Gasteiger partial charge in [0.15, 0.2) is 17.3 Å². The molecule has 1 aliphatic heterocycles. The third-order valence-corrected chi connectivity index (χ3v) is 5.56. The number of fused-ring (bicyclic) bond motifs is 2. The van der Waals surface area contributed by atoms with E-state index >= 15 is 0 Å². The van der Waals surface area contributed by atoms with Crippen LogP contribution in [-0.2, 0) is 19.5 Å². The van der Waals surface area contributed by atoms with Crippen LogP contribution >= 0.6 is 0 Å². The van der Waals surface area contributed by atoms with Crippen LogP contribution in [0.15, 0.2) is 48.9 Å². The number of hydrazine groups is 1. The van der Waals surface area contributed by atoms with E-state index in [1.807, 2.05) is 42.1 Å². The van der Waals surface area contributed by atoms with Gasteiger partial charge in [0.05, 0.1) is 30.6 Å². The Labute approximate surface area is 191 Å². The Balaban J connectivity index is 1.57. The first kappa shape index (κ1) is 21.1. The molecule has 0 fully saturated rings. The number of aromatic nitrogens is 5. The highest BCUT2D eigenvalue weighted by Crippen LogP contribution is 2.36. The molecule has 0 bridgehead atoms. The number of pyridine rings is 1. The number of halogens is 1. The van der Waals surface area contributed by atoms with Crippen molar-refractivity contribution in [1.29, 1.82) is 0 Å². The molecule has 0 saturated carbocycles. The molecule has 0 amide bonds. The first-order chi connectivity index (χ1) is 16.0. The topological polar surface area (TPSA) is 71.7 Å². The second-order valence-corrected chi connectivity index (χ2v) is 8.30. The number of rotatable bonds is 7. The Morgan fingerprint density at radius 3 is 2.76 bits per heavy atom. The summed E-state index contributed by atoms with van der Waals surface area (Å²) >= 11 is 0. The first-order valence-electron chi connectivity index (χ1n) is 11.2. The van der Waals surface area contributed by atoms with Crippen molar-refractivity contribution in [2.24, 2.45) is 0 Å². The van der Waals surface area contributed by atoms with Gasteiger partial charge in [-0.2, -0.15) is 9.50 Å². The van der Waals surface area contributed by atoms with E-state index in [-0.39, 0.29) is 11.9 Å². The van der Waals surface area contributed by atoms with Crippen LogP contribution < -0.4 is 14.8 Å². The van der Waals surface area contributed by atoms with Gasteiger partial charge in [0.1, 0.15) is 6.33 Å². The summed E-state index contributed by atoms with van der Waals surface area (Å²) in [5, 5.41) is 8.33. The van der Waals surface area contributed by atoms with E-state index in [0.29, 0.717) is 24.9 Å². The summed E-state index contributed by atoms with van der Waals surface area (Å²) in [6.07, 6.45) is 4.97. The third-order valence-electron chi connectivity index (χ3n) is 5.56. The summed E-state index contributed by atoms with van der Waals surface area (Å²) in [4.78, 5) is 13.7. The van der Waals surface area contributed by atoms with Crippen LogP contribution in [0.1, 0.15) is 44.0 Å². The van der Waals surface area contributed by atoms with Gasteiger partial charge in [-0.15, -0.1) is 5.10 Å². The Morgan fingerprint density at radius 1 is 1.12 bits per heavy atom. The lowest BCUT2D eigenvalue weighted by atomic mass is 10.1. The third kappa shape index (κ3) is 3.94. The van der Waals surface area contributed by atoms with Gasteiger partial charge in [-0.25, -0.2) is 14.4 Å². The average molecular weight is 448 g/mol. The fourth-order valence-electron chi connectivity index (χ4n) is 4.17. The van der Waals surface area contributed by atoms with E-state index < -0.39 is 0 Å². The van der Waals surface area contributed by atoms with E-state index in [1.54, 1.807) is 23.1 Å². The Kier molecular flexibility index (Phi) is 5.53. The van der Waals surface area contributed by atoms with Gasteiger partial charge < -0.3 is 4.74 Å². The van der Waals surface area contributed by atoms with Crippen molar-refractivity contribution in [1.82, 2.24) is 24.6 Å². The maximum absolute atomic E-state index is 14.7. The van der Waals surface area contributed by atoms with Crippen LogP contribution in [0.4, 0.5) is 15.9 Å². The molecule has 8 nitrogen and oxygen atoms in total. The van der Waals surface area contributed by atoms with Crippen molar-refractivity contribution in [3.63, 3.8) is 0 Å². The lowest BCUT2D eigenvalue weighted by molar-refractivity contribution is 0.222. The zero-order valence-corrected chi connectivity index (χ0v) is 18.9. The zero-order chi connectivity index (χ0) is 22.9. The van der Waals surface area contributed by atoms with Crippen molar-refractivity contribution in [2.75, 3.05) is 10.0 Å². The van der Waals surface area contributed by atoms with E-state index in [1.165, 1.54) is 6.07 Å². The highest BCUT2D eigenvalue weighted by Gasteiger charge is 2.31. The predicted molar refractivity (Wildman–Crippen MR) is 124 cm³/mol. The smallest absolute Gasteiger partial charge is 0.336 e. The fraction of sp³-hybridized carbons (Fsp3) is 0.333. The zero-order valence-electron chi connectivity index (χ0n) is 18.9. The van der Waals surface area contributed by atoms with Gasteiger partial charge in [0, 0.05) is 11.8 Å². The second-order valence-electron chi connectivity index (χ2n) is 8.30. The summed E-state index contributed by atoms with van der Waals surface area (Å²) in [6, 6.07) is 11.5. The van der Waals surface area contributed by atoms with Gasteiger partial charge in [0.2, 0.25) is 0 Å². The minimum absolute atomic E-state index is 0.0209. The van der Waals surface area contributed by atoms with Crippen LogP contribution in [0.2, 0.25) is 0 Å². The number of nitrogens with zero attached hydrogens (tertiary/aromatic N) is 7. The maximum Gasteiger partial charge on any atom is 0.336 e. The Bertz CT molecular complexity index is 1290. The molecule has 0 N–H and O–H groups in total. The number of para-hydroxylation sites is 1. The highest BCUT2D eigenvalue weighted by molar-refractivity contribution is 5.66. The van der Waals surface area contributed by atoms with Gasteiger partial charge in [-0.3, -0.25) is 10.0 Å². The quantitative estimate of drug-likeness (QED) is 0.417. The number of hydrogen-bond acceptors (Lipinski definition) is 7. The predicted octanol–water partition coefficient (Wildman–Crippen LogP) is 4.34. The van der Waals surface area contributed by atoms with Gasteiger partial charge >= 0.3 is 6.01 Å². The molecular formula is C24H26FN7O. The first-order valence-corrected chi connectivity index (χ1v) is 11.2. The molecule has 0 aliphatic carbocycles. The lowest BCUT2D eigenvalue weighted by Gasteiger charge is -2.31. The molecule has 4 aromatic rings. The lowest BCUT2D eigenvalue weighted by Crippen LogP contribution is -2.39. The molecule has 0 saturated heterocycles. The van der Waals surface area contributed by atoms with Gasteiger partial charge in [-0.05, 0) is 44.0 Å². The number of benzene rings is 1. The van der Waals surface area contributed by atoms with Crippen LogP contribution in [0.5, 0.6) is 6.01 Å². The van der Waals surface area contributed by atoms with E-state index in [4.69, 9.17) is 9.72 Å². The molecule has 9 heteroatoms. The molecule has 1 aliphatic rings. The molecule has 4 heterocycles. The van der Waals surface area contributed by atoms with Crippen molar-refractivity contribution >= 4 is 17.2 Å². The minimum Gasteiger partial charge on any atom is -0.460 e. The Morgan fingerprint density at radius 2 is 1.97 bits per heavy atom. The van der Waals surface area contributed by atoms with Crippen molar-refractivity contribution < 1.29 is 9.13 Å². The molecule has 0 unspecified atom stereocenters. The molecule has 0 spiro atoms. The molecule has 3 aromatic heterocycles. The fourth-order valence-corrected chi connectivity index (χ4v) is 4.17. The minimum atomic E-state index is -0.361. The summed E-state index contributed by atoms with van der Waals surface area (Å²) in [7, 11) is 0. The van der Waals surface area contributed by atoms with Crippen LogP contribution in [0, 0.1) is 5.82 Å². The molecule has 33 heavy (non-hydrogen) atoms. The van der Waals surface area contributed by atoms with Crippen LogP contribution in [-0.4, -0.2) is 30.7 Å². The molecular weight excluding hydrogens is 421 g/mol. The standard InChI is InChI=1S/C24H26FN7O/c1-4-8-18-20(27-15-30-22(18)28-24(29-30)33-16(2)3)14-31-21-11-6-5-9-17(21)13-32(31)23-19(25)10-7-12-26-23/h5-7,9-12,15-16H,4,8,13-14H2,1-3H3. The molecule has 0 radical (unpaired) electrons. The second kappa shape index (κ2) is 8.65. The van der Waals surface area contributed by atoms with Crippen molar-refractivity contribution in [3.8, 4) is 6.01 Å². The van der Waals surface area contributed by atoms with Crippen LogP contribution in [0.25, 0.3) is 5.65 Å². The number of anilines is 2. The number of hydrogen-bond donors (Lipinski definition) is 0. The maximum atomic E-state index is 14.7. The highest BCUT2D eigenvalue weighted by atomic mass is 19.1. The normalized spacial score (nSPS) is 13.2. The summed E-state index contributed by atoms with van der Waals surface area (Å²) in [6.45, 7) is 6.99. The van der Waals surface area contributed by atoms with E-state index in [2.05, 4.69) is 28.1 Å². The summed E-state index contributed by atoms with van der Waals surface area (Å²) in [5.41, 5.74) is 4.73. The molecule has 0 atom stereocenters. The van der Waals surface area contributed by atoms with Crippen LogP contribution in [0.3, 0.4) is 0 Å². The van der Waals surface area contributed by atoms with E-state index in [0.717, 1.165) is 41.0 Å². The monoisotopic (exact) mass is 447 g/mol. The van der Waals surface area contributed by atoms with Gasteiger partial charge in [-0.1, -0.05) is 31.5 Å². The number of aryl methyl sites for hydroxylation is 1. The summed E-state index contributed by atoms with van der Waals surface area (Å²) in [5.74, 6) is -0.0673. The van der Waals surface area contributed by atoms with Crippen molar-refractivity contribution in [2.45, 2.75) is 52.8 Å². The largest absolute Gasteiger partial charge is 0.460 e.